The predicted octanol–water partition coefficient (Wildman–Crippen LogP) is 14.4. The molecule has 1 aliphatic rings. The second-order valence-corrected chi connectivity index (χ2v) is 17.0. The van der Waals surface area contributed by atoms with Crippen LogP contribution in [0.2, 0.25) is 0 Å². The number of pyridine rings is 1. The van der Waals surface area contributed by atoms with Crippen LogP contribution in [0.15, 0.2) is 182 Å². The number of fused-ring (bicyclic) bond motifs is 10. The highest BCUT2D eigenvalue weighted by Gasteiger charge is 2.22. The Hall–Kier alpha value is -7.67. The van der Waals surface area contributed by atoms with Gasteiger partial charge in [0.15, 0.2) is 5.82 Å². The second kappa shape index (κ2) is 13.4. The molecule has 0 fully saturated rings. The molecule has 0 atom stereocenters. The Morgan fingerprint density at radius 2 is 1.10 bits per heavy atom. The first-order chi connectivity index (χ1) is 30.2. The fourth-order valence-electron chi connectivity index (χ4n) is 9.58. The first-order valence-electron chi connectivity index (χ1n) is 20.8. The molecule has 5 aromatic heterocycles. The van der Waals surface area contributed by atoms with E-state index in [-0.39, 0.29) is 0 Å². The fraction of sp³-hybridized carbons (Fsp3) is 0.0364. The average molecular weight is 798 g/mol. The number of allylic oxidation sites excluding steroid dienone is 1. The molecule has 0 saturated heterocycles. The van der Waals surface area contributed by atoms with Crippen LogP contribution in [-0.4, -0.2) is 24.1 Å². The lowest BCUT2D eigenvalue weighted by Crippen LogP contribution is -2.05. The second-order valence-electron chi connectivity index (χ2n) is 15.9. The van der Waals surface area contributed by atoms with E-state index in [2.05, 4.69) is 191 Å². The third-order valence-corrected chi connectivity index (χ3v) is 13.4. The number of aromatic nitrogens is 5. The van der Waals surface area contributed by atoms with E-state index in [1.807, 2.05) is 6.07 Å². The van der Waals surface area contributed by atoms with E-state index in [1.165, 1.54) is 58.8 Å². The number of benzene rings is 7. The van der Waals surface area contributed by atoms with Crippen LogP contribution >= 0.6 is 11.3 Å². The molecule has 6 heteroatoms. The molecule has 0 radical (unpaired) electrons. The molecule has 12 aromatic rings. The summed E-state index contributed by atoms with van der Waals surface area (Å²) >= 11 is 1.79. The van der Waals surface area contributed by atoms with Gasteiger partial charge in [0.05, 0.1) is 43.7 Å². The molecule has 5 heterocycles. The SMILES string of the molecule is C1=Cc2c(n(-c3cc(-c4cc(-c5ccc6nc7c(cc6c5)sc5ccccc57)nc(-c5ccccc5)n4)cc(-n4c5ccccc5c5ccccc54)c3)c3ccccc23)CC1. The summed E-state index contributed by atoms with van der Waals surface area (Å²) in [5.74, 6) is 0.684. The third kappa shape index (κ3) is 5.42. The summed E-state index contributed by atoms with van der Waals surface area (Å²) in [4.78, 5) is 15.8. The lowest BCUT2D eigenvalue weighted by atomic mass is 10.0. The van der Waals surface area contributed by atoms with Gasteiger partial charge in [-0.15, -0.1) is 11.3 Å². The number of para-hydroxylation sites is 3. The molecule has 0 aliphatic heterocycles. The number of nitrogens with zero attached hydrogens (tertiary/aromatic N) is 5. The highest BCUT2D eigenvalue weighted by molar-refractivity contribution is 7.25. The summed E-state index contributed by atoms with van der Waals surface area (Å²) in [6, 6.07) is 63.1. The van der Waals surface area contributed by atoms with E-state index >= 15 is 0 Å². The molecule has 0 unspecified atom stereocenters. The Kier molecular flexibility index (Phi) is 7.53. The van der Waals surface area contributed by atoms with E-state index in [9.17, 15) is 0 Å². The maximum Gasteiger partial charge on any atom is 0.160 e. The van der Waals surface area contributed by atoms with Crippen LogP contribution in [-0.2, 0) is 6.42 Å². The molecule has 5 nitrogen and oxygen atoms in total. The quantitative estimate of drug-likeness (QED) is 0.174. The molecule has 0 bridgehead atoms. The fourth-order valence-corrected chi connectivity index (χ4v) is 10.7. The Balaban J connectivity index is 1.07. The Labute approximate surface area is 355 Å². The van der Waals surface area contributed by atoms with Crippen LogP contribution < -0.4 is 0 Å². The minimum atomic E-state index is 0.684. The van der Waals surface area contributed by atoms with Gasteiger partial charge in [0.1, 0.15) is 0 Å². The van der Waals surface area contributed by atoms with E-state index in [1.54, 1.807) is 11.3 Å². The zero-order valence-corrected chi connectivity index (χ0v) is 33.8. The summed E-state index contributed by atoms with van der Waals surface area (Å²) in [5, 5.41) is 6.02. The van der Waals surface area contributed by atoms with Gasteiger partial charge in [-0.25, -0.2) is 15.0 Å². The smallest absolute Gasteiger partial charge is 0.160 e. The molecule has 0 N–H and O–H groups in total. The van der Waals surface area contributed by atoms with Gasteiger partial charge in [0.2, 0.25) is 0 Å². The van der Waals surface area contributed by atoms with Crippen molar-refractivity contribution in [2.45, 2.75) is 12.8 Å². The van der Waals surface area contributed by atoms with Crippen molar-refractivity contribution in [2.75, 3.05) is 0 Å². The molecule has 0 spiro atoms. The first-order valence-corrected chi connectivity index (χ1v) is 21.6. The highest BCUT2D eigenvalue weighted by atomic mass is 32.1. The lowest BCUT2D eigenvalue weighted by Gasteiger charge is -2.18. The molecular formula is C55H35N5S. The highest BCUT2D eigenvalue weighted by Crippen LogP contribution is 2.40. The van der Waals surface area contributed by atoms with Crippen molar-refractivity contribution >= 4 is 81.3 Å². The van der Waals surface area contributed by atoms with Crippen LogP contribution in [0.3, 0.4) is 0 Å². The van der Waals surface area contributed by atoms with Gasteiger partial charge in [0, 0.05) is 71.0 Å². The predicted molar refractivity (Wildman–Crippen MR) is 255 cm³/mol. The summed E-state index contributed by atoms with van der Waals surface area (Å²) < 4.78 is 7.34. The first kappa shape index (κ1) is 34.2. The van der Waals surface area contributed by atoms with Gasteiger partial charge in [0.25, 0.3) is 0 Å². The van der Waals surface area contributed by atoms with Crippen molar-refractivity contribution in [1.82, 2.24) is 24.1 Å². The Morgan fingerprint density at radius 3 is 1.87 bits per heavy atom. The largest absolute Gasteiger partial charge is 0.313 e. The number of rotatable bonds is 5. The molecule has 7 aromatic carbocycles. The number of hydrogen-bond donors (Lipinski definition) is 0. The van der Waals surface area contributed by atoms with Gasteiger partial charge in [-0.05, 0) is 79.6 Å². The summed E-state index contributed by atoms with van der Waals surface area (Å²) in [7, 11) is 0. The lowest BCUT2D eigenvalue weighted by molar-refractivity contribution is 0.888. The number of hydrogen-bond acceptors (Lipinski definition) is 4. The zero-order chi connectivity index (χ0) is 40.0. The number of thiophene rings is 1. The van der Waals surface area contributed by atoms with Crippen molar-refractivity contribution in [3.05, 3.63) is 193 Å². The summed E-state index contributed by atoms with van der Waals surface area (Å²) in [6.45, 7) is 0. The van der Waals surface area contributed by atoms with Crippen LogP contribution in [0.5, 0.6) is 0 Å². The molecule has 0 saturated carbocycles. The summed E-state index contributed by atoms with van der Waals surface area (Å²) in [6.07, 6.45) is 6.59. The standard InChI is InChI=1S/C55H35N5S/c1-2-14-34(15-3-1)55-57-46(35-26-27-45-36(28-35)31-53-54(56-45)44-20-8-13-25-52(44)61-53)33-47(58-55)37-29-38(59-48-21-9-4-16-40(48)41-17-5-10-22-49(41)59)32-39(30-37)60-50-23-11-6-18-42(50)43-19-7-12-24-51(43)60/h1-11,13-23,25-33H,12,24H2. The monoisotopic (exact) mass is 797 g/mol. The minimum absolute atomic E-state index is 0.684. The average Bonchev–Trinajstić information content (AvgIpc) is 3.98. The van der Waals surface area contributed by atoms with E-state index < -0.39 is 0 Å². The van der Waals surface area contributed by atoms with Crippen molar-refractivity contribution in [2.24, 2.45) is 0 Å². The third-order valence-electron chi connectivity index (χ3n) is 12.3. The van der Waals surface area contributed by atoms with Crippen molar-refractivity contribution in [3.63, 3.8) is 0 Å². The van der Waals surface area contributed by atoms with Crippen LogP contribution in [0.4, 0.5) is 0 Å². The molecule has 61 heavy (non-hydrogen) atoms. The van der Waals surface area contributed by atoms with Crippen molar-refractivity contribution in [3.8, 4) is 45.3 Å². The zero-order valence-electron chi connectivity index (χ0n) is 33.0. The molecule has 13 rings (SSSR count). The van der Waals surface area contributed by atoms with Gasteiger partial charge in [-0.2, -0.15) is 0 Å². The van der Waals surface area contributed by atoms with Crippen LogP contribution in [0.1, 0.15) is 17.7 Å². The topological polar surface area (TPSA) is 48.5 Å². The normalized spacial score (nSPS) is 12.7. The molecule has 0 amide bonds. The van der Waals surface area contributed by atoms with Gasteiger partial charge >= 0.3 is 0 Å². The van der Waals surface area contributed by atoms with Gasteiger partial charge < -0.3 is 9.13 Å². The maximum atomic E-state index is 5.39. The Bertz CT molecular complexity index is 3720. The maximum absolute atomic E-state index is 5.39. The van der Waals surface area contributed by atoms with Crippen LogP contribution in [0, 0.1) is 0 Å². The summed E-state index contributed by atoms with van der Waals surface area (Å²) in [5.41, 5.74) is 15.1. The van der Waals surface area contributed by atoms with Gasteiger partial charge in [-0.3, -0.25) is 0 Å². The van der Waals surface area contributed by atoms with Crippen LogP contribution in [0.25, 0.3) is 115 Å². The minimum Gasteiger partial charge on any atom is -0.313 e. The Morgan fingerprint density at radius 1 is 0.459 bits per heavy atom. The van der Waals surface area contributed by atoms with Gasteiger partial charge in [-0.1, -0.05) is 121 Å². The van der Waals surface area contributed by atoms with Crippen molar-refractivity contribution in [1.29, 1.82) is 0 Å². The molecule has 1 aliphatic carbocycles. The van der Waals surface area contributed by atoms with E-state index in [0.717, 1.165) is 68.7 Å². The molecule has 286 valence electrons. The van der Waals surface area contributed by atoms with E-state index in [0.29, 0.717) is 5.82 Å². The van der Waals surface area contributed by atoms with E-state index in [4.69, 9.17) is 15.0 Å². The molecular weight excluding hydrogens is 763 g/mol. The van der Waals surface area contributed by atoms with Crippen molar-refractivity contribution < 1.29 is 0 Å².